The number of hydrogen-bond donors (Lipinski definition) is 2. The molecule has 7 nitrogen and oxygen atoms in total. The Hall–Kier alpha value is -3.36. The molecule has 0 aliphatic rings. The molecule has 0 aliphatic carbocycles. The lowest BCUT2D eigenvalue weighted by Gasteiger charge is -2.20. The van der Waals surface area contributed by atoms with Crippen LogP contribution in [-0.2, 0) is 27.7 Å². The van der Waals surface area contributed by atoms with Crippen LogP contribution in [0.15, 0.2) is 77.7 Å². The third kappa shape index (κ3) is 7.32. The third-order valence-electron chi connectivity index (χ3n) is 5.91. The maximum absolute atomic E-state index is 13.5. The summed E-state index contributed by atoms with van der Waals surface area (Å²) in [5, 5.41) is 2.88. The van der Waals surface area contributed by atoms with Gasteiger partial charge in [-0.3, -0.25) is 4.79 Å². The van der Waals surface area contributed by atoms with Crippen molar-refractivity contribution >= 4 is 15.9 Å². The topological polar surface area (TPSA) is 93.7 Å². The van der Waals surface area contributed by atoms with Gasteiger partial charge in [0.25, 0.3) is 0 Å². The highest BCUT2D eigenvalue weighted by Crippen LogP contribution is 2.28. The first-order chi connectivity index (χ1) is 17.2. The van der Waals surface area contributed by atoms with Crippen molar-refractivity contribution < 1.29 is 22.7 Å². The maximum atomic E-state index is 13.5. The maximum Gasteiger partial charge on any atom is 0.245 e. The first kappa shape index (κ1) is 27.2. The van der Waals surface area contributed by atoms with Gasteiger partial charge in [0.15, 0.2) is 0 Å². The van der Waals surface area contributed by atoms with Crippen LogP contribution in [0.1, 0.15) is 36.5 Å². The van der Waals surface area contributed by atoms with Gasteiger partial charge in [0.2, 0.25) is 15.9 Å². The Kier molecular flexibility index (Phi) is 9.50. The van der Waals surface area contributed by atoms with E-state index in [0.717, 1.165) is 22.4 Å². The van der Waals surface area contributed by atoms with E-state index in [-0.39, 0.29) is 23.0 Å². The Bertz CT molecular complexity index is 1240. The summed E-state index contributed by atoms with van der Waals surface area (Å²) >= 11 is 0. The fourth-order valence-electron chi connectivity index (χ4n) is 3.80. The van der Waals surface area contributed by atoms with Gasteiger partial charge in [0.05, 0.1) is 14.2 Å². The van der Waals surface area contributed by atoms with Crippen molar-refractivity contribution in [2.45, 2.75) is 43.5 Å². The molecule has 1 amide bonds. The van der Waals surface area contributed by atoms with Gasteiger partial charge in [-0.1, -0.05) is 62.4 Å². The molecule has 3 aromatic carbocycles. The summed E-state index contributed by atoms with van der Waals surface area (Å²) in [7, 11) is -1.02. The Morgan fingerprint density at radius 3 is 2.19 bits per heavy atom. The van der Waals surface area contributed by atoms with Gasteiger partial charge < -0.3 is 14.8 Å². The number of amides is 1. The molecule has 0 fully saturated rings. The first-order valence-corrected chi connectivity index (χ1v) is 13.4. The lowest BCUT2D eigenvalue weighted by Crippen LogP contribution is -2.48. The predicted octanol–water partition coefficient (Wildman–Crippen LogP) is 4.08. The number of sulfonamides is 1. The summed E-state index contributed by atoms with van der Waals surface area (Å²) in [6.45, 7) is 4.34. The van der Waals surface area contributed by atoms with Crippen molar-refractivity contribution in [3.8, 4) is 11.5 Å². The molecule has 2 N–H and O–H groups in total. The van der Waals surface area contributed by atoms with E-state index in [4.69, 9.17) is 9.47 Å². The molecule has 0 aliphatic heterocycles. The standard InChI is InChI=1S/C28H34N2O5S/c1-20(2)23-12-15-26(35-4)27(19-23)36(32,33)30-25(18-22-8-6-5-7-9-22)28(31)29-17-16-21-10-13-24(34-3)14-11-21/h5-15,19-20,25,30H,16-18H2,1-4H3,(H,29,31). The second kappa shape index (κ2) is 12.6. The summed E-state index contributed by atoms with van der Waals surface area (Å²) in [4.78, 5) is 13.2. The van der Waals surface area contributed by atoms with Crippen LogP contribution in [-0.4, -0.2) is 41.1 Å². The number of ether oxygens (including phenoxy) is 2. The molecule has 192 valence electrons. The van der Waals surface area contributed by atoms with Gasteiger partial charge in [0, 0.05) is 6.54 Å². The molecule has 36 heavy (non-hydrogen) atoms. The zero-order valence-electron chi connectivity index (χ0n) is 21.2. The van der Waals surface area contributed by atoms with Gasteiger partial charge in [-0.2, -0.15) is 4.72 Å². The van der Waals surface area contributed by atoms with Crippen molar-refractivity contribution in [1.29, 1.82) is 0 Å². The normalized spacial score (nSPS) is 12.2. The Balaban J connectivity index is 1.80. The molecule has 0 saturated carbocycles. The quantitative estimate of drug-likeness (QED) is 0.383. The van der Waals surface area contributed by atoms with Gasteiger partial charge in [-0.15, -0.1) is 0 Å². The van der Waals surface area contributed by atoms with E-state index in [2.05, 4.69) is 10.0 Å². The van der Waals surface area contributed by atoms with Crippen LogP contribution < -0.4 is 19.5 Å². The van der Waals surface area contributed by atoms with Gasteiger partial charge in [-0.25, -0.2) is 8.42 Å². The van der Waals surface area contributed by atoms with Crippen LogP contribution in [0.25, 0.3) is 0 Å². The summed E-state index contributed by atoms with van der Waals surface area (Å²) in [6.07, 6.45) is 0.811. The van der Waals surface area contributed by atoms with Crippen LogP contribution in [0.4, 0.5) is 0 Å². The number of benzene rings is 3. The van der Waals surface area contributed by atoms with Crippen LogP contribution in [0, 0.1) is 0 Å². The number of rotatable bonds is 12. The summed E-state index contributed by atoms with van der Waals surface area (Å²) in [5.41, 5.74) is 2.74. The van der Waals surface area contributed by atoms with Gasteiger partial charge in [-0.05, 0) is 59.7 Å². The Labute approximate surface area is 213 Å². The zero-order chi connectivity index (χ0) is 26.1. The van der Waals surface area contributed by atoms with E-state index in [1.807, 2.05) is 74.5 Å². The molecule has 0 bridgehead atoms. The average Bonchev–Trinajstić information content (AvgIpc) is 2.88. The number of carbonyl (C=O) groups is 1. The molecule has 0 spiro atoms. The molecule has 1 atom stereocenters. The van der Waals surface area contributed by atoms with Crippen molar-refractivity contribution in [3.63, 3.8) is 0 Å². The summed E-state index contributed by atoms with van der Waals surface area (Å²) in [5.74, 6) is 0.725. The van der Waals surface area contributed by atoms with Crippen LogP contribution in [0.3, 0.4) is 0 Å². The molecule has 1 unspecified atom stereocenters. The minimum atomic E-state index is -4.06. The highest BCUT2D eigenvalue weighted by Gasteiger charge is 2.28. The monoisotopic (exact) mass is 510 g/mol. The molecule has 0 radical (unpaired) electrons. The van der Waals surface area contributed by atoms with E-state index in [1.54, 1.807) is 19.2 Å². The lowest BCUT2D eigenvalue weighted by atomic mass is 10.0. The van der Waals surface area contributed by atoms with E-state index in [9.17, 15) is 13.2 Å². The molecule has 3 rings (SSSR count). The summed E-state index contributed by atoms with van der Waals surface area (Å²) < 4.78 is 40.1. The van der Waals surface area contributed by atoms with E-state index >= 15 is 0 Å². The fourth-order valence-corrected chi connectivity index (χ4v) is 5.20. The third-order valence-corrected chi connectivity index (χ3v) is 7.41. The second-order valence-electron chi connectivity index (χ2n) is 8.82. The molecule has 0 saturated heterocycles. The van der Waals surface area contributed by atoms with Crippen molar-refractivity contribution in [3.05, 3.63) is 89.5 Å². The van der Waals surface area contributed by atoms with Crippen LogP contribution in [0.2, 0.25) is 0 Å². The SMILES string of the molecule is COc1ccc(CCNC(=O)C(Cc2ccccc2)NS(=O)(=O)c2cc(C(C)C)ccc2OC)cc1. The highest BCUT2D eigenvalue weighted by atomic mass is 32.2. The molecule has 8 heteroatoms. The van der Waals surface area contributed by atoms with Gasteiger partial charge >= 0.3 is 0 Å². The van der Waals surface area contributed by atoms with Gasteiger partial charge in [0.1, 0.15) is 22.4 Å². The number of carbonyl (C=O) groups excluding carboxylic acids is 1. The first-order valence-electron chi connectivity index (χ1n) is 11.9. The molecule has 3 aromatic rings. The number of methoxy groups -OCH3 is 2. The minimum absolute atomic E-state index is 0.0142. The average molecular weight is 511 g/mol. The Morgan fingerprint density at radius 2 is 1.58 bits per heavy atom. The molecular weight excluding hydrogens is 476 g/mol. The predicted molar refractivity (Wildman–Crippen MR) is 141 cm³/mol. The fraction of sp³-hybridized carbons (Fsp3) is 0.321. The largest absolute Gasteiger partial charge is 0.497 e. The molecule has 0 heterocycles. The Morgan fingerprint density at radius 1 is 0.889 bits per heavy atom. The van der Waals surface area contributed by atoms with Crippen LogP contribution >= 0.6 is 0 Å². The second-order valence-corrected chi connectivity index (χ2v) is 10.5. The number of nitrogens with one attached hydrogen (secondary N) is 2. The smallest absolute Gasteiger partial charge is 0.245 e. The van der Waals surface area contributed by atoms with E-state index < -0.39 is 22.0 Å². The van der Waals surface area contributed by atoms with Crippen LogP contribution in [0.5, 0.6) is 11.5 Å². The molecular formula is C28H34N2O5S. The van der Waals surface area contributed by atoms with Crippen molar-refractivity contribution in [1.82, 2.24) is 10.0 Å². The van der Waals surface area contributed by atoms with Crippen molar-refractivity contribution in [2.75, 3.05) is 20.8 Å². The highest BCUT2D eigenvalue weighted by molar-refractivity contribution is 7.89. The molecule has 0 aromatic heterocycles. The van der Waals surface area contributed by atoms with E-state index in [0.29, 0.717) is 13.0 Å². The van der Waals surface area contributed by atoms with Crippen molar-refractivity contribution in [2.24, 2.45) is 0 Å². The number of hydrogen-bond acceptors (Lipinski definition) is 5. The minimum Gasteiger partial charge on any atom is -0.497 e. The zero-order valence-corrected chi connectivity index (χ0v) is 22.0. The lowest BCUT2D eigenvalue weighted by molar-refractivity contribution is -0.122. The van der Waals surface area contributed by atoms with E-state index in [1.165, 1.54) is 7.11 Å². The summed E-state index contributed by atoms with van der Waals surface area (Å²) in [6, 6.07) is 21.0.